The number of nitrogens with one attached hydrogen (secondary N) is 1. The highest BCUT2D eigenvalue weighted by Crippen LogP contribution is 2.29. The molecule has 1 N–H and O–H groups in total. The first-order valence-electron chi connectivity index (χ1n) is 9.67. The Morgan fingerprint density at radius 1 is 1.03 bits per heavy atom. The lowest BCUT2D eigenvalue weighted by Crippen LogP contribution is -2.13. The molecule has 0 radical (unpaired) electrons. The Morgan fingerprint density at radius 3 is 2.32 bits per heavy atom. The summed E-state index contributed by atoms with van der Waals surface area (Å²) in [6.07, 6.45) is 3.43. The van der Waals surface area contributed by atoms with Gasteiger partial charge in [-0.25, -0.2) is 4.52 Å². The summed E-state index contributed by atoms with van der Waals surface area (Å²) in [4.78, 5) is 9.14. The van der Waals surface area contributed by atoms with Gasteiger partial charge in [0.15, 0.2) is 5.65 Å². The smallest absolute Gasteiger partial charge is 0.247 e. The lowest BCUT2D eigenvalue weighted by Gasteiger charge is -2.15. The van der Waals surface area contributed by atoms with Gasteiger partial charge < -0.3 is 14.8 Å². The molecule has 8 heteroatoms. The molecule has 4 aromatic rings. The molecule has 2 aromatic carbocycles. The molecule has 0 aliphatic rings. The summed E-state index contributed by atoms with van der Waals surface area (Å²) in [5.74, 6) is 1.74. The number of fused-ring (bicyclic) bond motifs is 1. The van der Waals surface area contributed by atoms with Crippen LogP contribution in [0.2, 0.25) is 0 Å². The van der Waals surface area contributed by atoms with E-state index in [2.05, 4.69) is 26.5 Å². The summed E-state index contributed by atoms with van der Waals surface area (Å²) in [5.41, 5.74) is 3.35. The Bertz CT molecular complexity index is 1250. The van der Waals surface area contributed by atoms with E-state index in [0.29, 0.717) is 28.8 Å². The second-order valence-corrected chi connectivity index (χ2v) is 7.52. The van der Waals surface area contributed by atoms with Gasteiger partial charge in [-0.2, -0.15) is 10.2 Å². The van der Waals surface area contributed by atoms with Crippen molar-refractivity contribution in [1.29, 1.82) is 5.26 Å². The number of nitrogens with zero attached hydrogens (tertiary/aromatic N) is 5. The zero-order valence-corrected chi connectivity index (χ0v) is 17.7. The number of ether oxygens (including phenoxy) is 2. The van der Waals surface area contributed by atoms with E-state index in [-0.39, 0.29) is 0 Å². The normalized spacial score (nSPS) is 11.2. The van der Waals surface area contributed by atoms with Gasteiger partial charge in [-0.3, -0.25) is 4.98 Å². The van der Waals surface area contributed by atoms with Crippen molar-refractivity contribution in [2.45, 2.75) is 19.3 Å². The Labute approximate surface area is 180 Å². The predicted molar refractivity (Wildman–Crippen MR) is 118 cm³/mol. The summed E-state index contributed by atoms with van der Waals surface area (Å²) in [6, 6.07) is 15.6. The molecule has 4 rings (SSSR count). The Morgan fingerprint density at radius 2 is 1.71 bits per heavy atom. The number of hydrogen-bond acceptors (Lipinski definition) is 7. The zero-order chi connectivity index (χ0) is 22.0. The van der Waals surface area contributed by atoms with Gasteiger partial charge in [0.05, 0.1) is 25.7 Å². The van der Waals surface area contributed by atoms with Gasteiger partial charge in [-0.05, 0) is 19.4 Å². The number of rotatable bonds is 6. The van der Waals surface area contributed by atoms with Crippen LogP contribution in [0.15, 0.2) is 54.9 Å². The number of hydrogen-bond donors (Lipinski definition) is 1. The van der Waals surface area contributed by atoms with Crippen LogP contribution in [-0.2, 0) is 5.41 Å². The maximum Gasteiger partial charge on any atom is 0.247 e. The molecule has 0 saturated heterocycles. The summed E-state index contributed by atoms with van der Waals surface area (Å²) in [5, 5.41) is 17.1. The highest BCUT2D eigenvalue weighted by atomic mass is 16.5. The van der Waals surface area contributed by atoms with Crippen LogP contribution in [0.5, 0.6) is 11.5 Å². The number of nitriles is 1. The van der Waals surface area contributed by atoms with Gasteiger partial charge in [0.25, 0.3) is 0 Å². The van der Waals surface area contributed by atoms with Crippen molar-refractivity contribution in [3.63, 3.8) is 0 Å². The first-order chi connectivity index (χ1) is 14.9. The molecule has 0 fully saturated rings. The summed E-state index contributed by atoms with van der Waals surface area (Å²) in [7, 11) is 3.20. The van der Waals surface area contributed by atoms with Crippen LogP contribution < -0.4 is 14.8 Å². The minimum Gasteiger partial charge on any atom is -0.497 e. The van der Waals surface area contributed by atoms with E-state index in [1.165, 1.54) is 0 Å². The van der Waals surface area contributed by atoms with Crippen LogP contribution in [0.3, 0.4) is 0 Å². The van der Waals surface area contributed by atoms with E-state index in [1.54, 1.807) is 37.2 Å². The molecular weight excluding hydrogens is 392 g/mol. The van der Waals surface area contributed by atoms with Gasteiger partial charge in [-0.1, -0.05) is 24.3 Å². The molecular formula is C23H22N6O2. The molecule has 2 heterocycles. The lowest BCUT2D eigenvalue weighted by molar-refractivity contribution is 0.395. The van der Waals surface area contributed by atoms with E-state index in [4.69, 9.17) is 9.47 Å². The first kappa shape index (κ1) is 20.2. The van der Waals surface area contributed by atoms with Gasteiger partial charge in [0.2, 0.25) is 5.95 Å². The van der Waals surface area contributed by atoms with Gasteiger partial charge in [-0.15, -0.1) is 5.10 Å². The zero-order valence-electron chi connectivity index (χ0n) is 17.7. The summed E-state index contributed by atoms with van der Waals surface area (Å²) >= 11 is 0. The molecule has 0 atom stereocenters. The second kappa shape index (κ2) is 7.95. The fourth-order valence-electron chi connectivity index (χ4n) is 3.19. The predicted octanol–water partition coefficient (Wildman–Crippen LogP) is 4.35. The van der Waals surface area contributed by atoms with E-state index >= 15 is 0 Å². The Balaban J connectivity index is 1.69. The van der Waals surface area contributed by atoms with Crippen LogP contribution in [0.1, 0.15) is 19.4 Å². The van der Waals surface area contributed by atoms with E-state index < -0.39 is 5.41 Å². The molecule has 0 aliphatic carbocycles. The quantitative estimate of drug-likeness (QED) is 0.501. The van der Waals surface area contributed by atoms with Crippen molar-refractivity contribution in [1.82, 2.24) is 19.6 Å². The number of benzene rings is 2. The number of methoxy groups -OCH3 is 2. The van der Waals surface area contributed by atoms with Crippen molar-refractivity contribution >= 4 is 17.3 Å². The molecule has 0 aliphatic heterocycles. The third kappa shape index (κ3) is 3.98. The van der Waals surface area contributed by atoms with Crippen LogP contribution >= 0.6 is 0 Å². The minimum atomic E-state index is -0.554. The summed E-state index contributed by atoms with van der Waals surface area (Å²) in [6.45, 7) is 3.79. The van der Waals surface area contributed by atoms with Crippen molar-refractivity contribution in [2.75, 3.05) is 19.5 Å². The van der Waals surface area contributed by atoms with Crippen molar-refractivity contribution in [3.05, 3.63) is 60.4 Å². The fourth-order valence-corrected chi connectivity index (χ4v) is 3.19. The molecule has 31 heavy (non-hydrogen) atoms. The molecule has 0 unspecified atom stereocenters. The second-order valence-electron chi connectivity index (χ2n) is 7.52. The SMILES string of the molecule is COc1cc(Nc2nc3c(-c4ccc(C(C)(C)C#N)cc4)nccn3n2)cc(OC)c1. The minimum absolute atomic E-state index is 0.423. The summed E-state index contributed by atoms with van der Waals surface area (Å²) < 4.78 is 12.3. The maximum absolute atomic E-state index is 9.36. The Hall–Kier alpha value is -4.12. The fraction of sp³-hybridized carbons (Fsp3) is 0.217. The average molecular weight is 414 g/mol. The highest BCUT2D eigenvalue weighted by Gasteiger charge is 2.20. The standard InChI is InChI=1S/C23H22N6O2/c1-23(2,14-24)16-7-5-15(6-8-16)20-21-27-22(28-29(21)10-9-25-20)26-17-11-18(30-3)13-19(12-17)31-4/h5-13H,1-4H3,(H,26,28). The van der Waals surface area contributed by atoms with E-state index in [0.717, 1.165) is 16.8 Å². The molecule has 0 spiro atoms. The molecule has 2 aromatic heterocycles. The number of aromatic nitrogens is 4. The molecule has 8 nitrogen and oxygen atoms in total. The van der Waals surface area contributed by atoms with Crippen molar-refractivity contribution < 1.29 is 9.47 Å². The van der Waals surface area contributed by atoms with Gasteiger partial charge in [0.1, 0.15) is 17.2 Å². The Kier molecular flexibility index (Phi) is 5.17. The van der Waals surface area contributed by atoms with E-state index in [9.17, 15) is 5.26 Å². The molecule has 156 valence electrons. The maximum atomic E-state index is 9.36. The molecule has 0 bridgehead atoms. The van der Waals surface area contributed by atoms with Crippen molar-refractivity contribution in [3.8, 4) is 28.8 Å². The van der Waals surface area contributed by atoms with Crippen LogP contribution in [0, 0.1) is 11.3 Å². The van der Waals surface area contributed by atoms with Crippen LogP contribution in [0.4, 0.5) is 11.6 Å². The highest BCUT2D eigenvalue weighted by molar-refractivity contribution is 5.75. The van der Waals surface area contributed by atoms with E-state index in [1.807, 2.05) is 50.2 Å². The third-order valence-corrected chi connectivity index (χ3v) is 5.02. The third-order valence-electron chi connectivity index (χ3n) is 5.02. The average Bonchev–Trinajstić information content (AvgIpc) is 3.21. The molecule has 0 amide bonds. The lowest BCUT2D eigenvalue weighted by atomic mass is 9.86. The largest absolute Gasteiger partial charge is 0.497 e. The van der Waals surface area contributed by atoms with Crippen LogP contribution in [-0.4, -0.2) is 33.8 Å². The first-order valence-corrected chi connectivity index (χ1v) is 9.67. The topological polar surface area (TPSA) is 97.4 Å². The van der Waals surface area contributed by atoms with Gasteiger partial charge >= 0.3 is 0 Å². The number of anilines is 2. The van der Waals surface area contributed by atoms with Crippen molar-refractivity contribution in [2.24, 2.45) is 0 Å². The monoisotopic (exact) mass is 414 g/mol. The van der Waals surface area contributed by atoms with Crippen LogP contribution in [0.25, 0.3) is 16.9 Å². The van der Waals surface area contributed by atoms with Gasteiger partial charge in [0, 0.05) is 41.8 Å². The molecule has 0 saturated carbocycles.